The zero-order valence-electron chi connectivity index (χ0n) is 12.2. The molecule has 2 rings (SSSR count). The van der Waals surface area contributed by atoms with Gasteiger partial charge in [-0.05, 0) is 48.9 Å². The third-order valence-electron chi connectivity index (χ3n) is 6.19. The number of hydrogen-bond donors (Lipinski definition) is 1. The summed E-state index contributed by atoms with van der Waals surface area (Å²) in [5.41, 5.74) is 6.44. The molecule has 4 atom stereocenters. The summed E-state index contributed by atoms with van der Waals surface area (Å²) in [5.74, 6) is 0.945. The van der Waals surface area contributed by atoms with E-state index in [1.807, 2.05) is 6.92 Å². The highest BCUT2D eigenvalue weighted by atomic mass is 16.5. The Morgan fingerprint density at radius 2 is 2.11 bits per heavy atom. The second kappa shape index (κ2) is 4.52. The van der Waals surface area contributed by atoms with Crippen LogP contribution in [0.4, 0.5) is 0 Å². The summed E-state index contributed by atoms with van der Waals surface area (Å²) in [4.78, 5) is 12.1. The van der Waals surface area contributed by atoms with Crippen molar-refractivity contribution >= 4 is 5.97 Å². The number of nitrogens with two attached hydrogens (primary N) is 1. The summed E-state index contributed by atoms with van der Waals surface area (Å²) in [6.45, 7) is 9.81. The summed E-state index contributed by atoms with van der Waals surface area (Å²) < 4.78 is 5.21. The molecule has 0 aromatic carbocycles. The molecule has 104 valence electrons. The van der Waals surface area contributed by atoms with E-state index in [-0.39, 0.29) is 17.3 Å². The zero-order chi connectivity index (χ0) is 13.6. The van der Waals surface area contributed by atoms with Crippen LogP contribution in [0.25, 0.3) is 0 Å². The standard InChI is InChI=1S/C15H27NO2/c1-5-18-13(17)11(9-16)12-8-10-6-7-15(12,4)14(10,2)3/h10-12H,5-9,16H2,1-4H3/t10-,11+,12+,15+/m0/s1. The van der Waals surface area contributed by atoms with Crippen LogP contribution in [0.3, 0.4) is 0 Å². The van der Waals surface area contributed by atoms with Crippen LogP contribution in [0.1, 0.15) is 47.0 Å². The van der Waals surface area contributed by atoms with Crippen molar-refractivity contribution < 1.29 is 9.53 Å². The molecule has 2 saturated carbocycles. The lowest BCUT2D eigenvalue weighted by Crippen LogP contribution is -2.42. The van der Waals surface area contributed by atoms with Gasteiger partial charge in [-0.15, -0.1) is 0 Å². The van der Waals surface area contributed by atoms with Gasteiger partial charge in [-0.3, -0.25) is 4.79 Å². The number of rotatable bonds is 4. The van der Waals surface area contributed by atoms with Crippen LogP contribution >= 0.6 is 0 Å². The van der Waals surface area contributed by atoms with E-state index >= 15 is 0 Å². The van der Waals surface area contributed by atoms with Crippen LogP contribution < -0.4 is 5.73 Å². The number of esters is 1. The number of carbonyl (C=O) groups is 1. The molecule has 2 aliphatic carbocycles. The average Bonchev–Trinajstić information content (AvgIpc) is 2.63. The Labute approximate surface area is 110 Å². The van der Waals surface area contributed by atoms with Crippen molar-refractivity contribution in [3.8, 4) is 0 Å². The Bertz CT molecular complexity index is 339. The van der Waals surface area contributed by atoms with E-state index in [0.717, 1.165) is 12.3 Å². The minimum atomic E-state index is -0.112. The number of ether oxygens (including phenoxy) is 1. The predicted octanol–water partition coefficient (Wildman–Crippen LogP) is 2.59. The number of hydrogen-bond acceptors (Lipinski definition) is 3. The fourth-order valence-corrected chi connectivity index (χ4v) is 4.55. The van der Waals surface area contributed by atoms with E-state index in [0.29, 0.717) is 24.5 Å². The first-order chi connectivity index (χ1) is 8.38. The van der Waals surface area contributed by atoms with Gasteiger partial charge >= 0.3 is 5.97 Å². The van der Waals surface area contributed by atoms with Crippen molar-refractivity contribution in [1.29, 1.82) is 0 Å². The van der Waals surface area contributed by atoms with E-state index in [1.54, 1.807) is 0 Å². The maximum absolute atomic E-state index is 12.1. The van der Waals surface area contributed by atoms with Gasteiger partial charge in [-0.1, -0.05) is 20.8 Å². The summed E-state index contributed by atoms with van der Waals surface area (Å²) in [5, 5.41) is 0. The Hall–Kier alpha value is -0.570. The van der Waals surface area contributed by atoms with Crippen LogP contribution in [-0.4, -0.2) is 19.1 Å². The van der Waals surface area contributed by atoms with Gasteiger partial charge in [-0.25, -0.2) is 0 Å². The third kappa shape index (κ3) is 1.70. The molecule has 2 N–H and O–H groups in total. The normalized spacial score (nSPS) is 38.7. The van der Waals surface area contributed by atoms with E-state index in [2.05, 4.69) is 20.8 Å². The van der Waals surface area contributed by atoms with Gasteiger partial charge in [-0.2, -0.15) is 0 Å². The second-order valence-corrected chi connectivity index (χ2v) is 6.81. The first-order valence-electron chi connectivity index (χ1n) is 7.25. The molecule has 0 aliphatic heterocycles. The topological polar surface area (TPSA) is 52.3 Å². The summed E-state index contributed by atoms with van der Waals surface area (Å²) >= 11 is 0. The molecule has 0 saturated heterocycles. The van der Waals surface area contributed by atoms with Crippen LogP contribution in [0.2, 0.25) is 0 Å². The molecule has 0 heterocycles. The molecular formula is C15H27NO2. The van der Waals surface area contributed by atoms with Crippen molar-refractivity contribution in [2.45, 2.75) is 47.0 Å². The average molecular weight is 253 g/mol. The molecule has 0 aromatic rings. The number of fused-ring (bicyclic) bond motifs is 2. The molecule has 0 unspecified atom stereocenters. The quantitative estimate of drug-likeness (QED) is 0.783. The van der Waals surface area contributed by atoms with Gasteiger partial charge in [0.05, 0.1) is 12.5 Å². The van der Waals surface area contributed by atoms with Crippen molar-refractivity contribution in [2.75, 3.05) is 13.2 Å². The third-order valence-corrected chi connectivity index (χ3v) is 6.19. The molecule has 3 nitrogen and oxygen atoms in total. The molecule has 0 spiro atoms. The zero-order valence-corrected chi connectivity index (χ0v) is 12.2. The summed E-state index contributed by atoms with van der Waals surface area (Å²) in [6, 6.07) is 0. The first-order valence-corrected chi connectivity index (χ1v) is 7.25. The Morgan fingerprint density at radius 1 is 1.44 bits per heavy atom. The fraction of sp³-hybridized carbons (Fsp3) is 0.933. The minimum Gasteiger partial charge on any atom is -0.466 e. The van der Waals surface area contributed by atoms with E-state index in [4.69, 9.17) is 10.5 Å². The van der Waals surface area contributed by atoms with Crippen molar-refractivity contribution in [3.05, 3.63) is 0 Å². The SMILES string of the molecule is CCOC(=O)[C@H](CN)[C@H]1C[C@@H]2CC[C@@]1(C)C2(C)C. The molecule has 2 fully saturated rings. The maximum atomic E-state index is 12.1. The smallest absolute Gasteiger partial charge is 0.310 e. The highest BCUT2D eigenvalue weighted by molar-refractivity contribution is 5.73. The van der Waals surface area contributed by atoms with Crippen molar-refractivity contribution in [1.82, 2.24) is 0 Å². The lowest BCUT2D eigenvalue weighted by molar-refractivity contribution is -0.152. The molecule has 2 bridgehead atoms. The van der Waals surface area contributed by atoms with Gasteiger partial charge in [0.25, 0.3) is 0 Å². The fourth-order valence-electron chi connectivity index (χ4n) is 4.55. The predicted molar refractivity (Wildman–Crippen MR) is 71.9 cm³/mol. The summed E-state index contributed by atoms with van der Waals surface area (Å²) in [6.07, 6.45) is 3.68. The lowest BCUT2D eigenvalue weighted by Gasteiger charge is -2.41. The Kier molecular flexibility index (Phi) is 3.48. The van der Waals surface area contributed by atoms with E-state index < -0.39 is 0 Å². The molecule has 18 heavy (non-hydrogen) atoms. The van der Waals surface area contributed by atoms with E-state index in [9.17, 15) is 4.79 Å². The van der Waals surface area contributed by atoms with Gasteiger partial charge in [0, 0.05) is 6.54 Å². The van der Waals surface area contributed by atoms with Gasteiger partial charge in [0.2, 0.25) is 0 Å². The molecule has 0 amide bonds. The maximum Gasteiger partial charge on any atom is 0.310 e. The lowest BCUT2D eigenvalue weighted by atomic mass is 9.63. The highest BCUT2D eigenvalue weighted by Gasteiger charge is 2.63. The van der Waals surface area contributed by atoms with Gasteiger partial charge in [0.1, 0.15) is 0 Å². The van der Waals surface area contributed by atoms with Crippen LogP contribution in [-0.2, 0) is 9.53 Å². The van der Waals surface area contributed by atoms with Crippen LogP contribution in [0.15, 0.2) is 0 Å². The van der Waals surface area contributed by atoms with Crippen LogP contribution in [0, 0.1) is 28.6 Å². The molecule has 2 aliphatic rings. The largest absolute Gasteiger partial charge is 0.466 e. The van der Waals surface area contributed by atoms with E-state index in [1.165, 1.54) is 12.8 Å². The summed E-state index contributed by atoms with van der Waals surface area (Å²) in [7, 11) is 0. The van der Waals surface area contributed by atoms with Crippen molar-refractivity contribution in [2.24, 2.45) is 34.3 Å². The first kappa shape index (κ1) is 13.9. The Morgan fingerprint density at radius 3 is 2.50 bits per heavy atom. The van der Waals surface area contributed by atoms with Crippen LogP contribution in [0.5, 0.6) is 0 Å². The van der Waals surface area contributed by atoms with Gasteiger partial charge in [0.15, 0.2) is 0 Å². The monoisotopic (exact) mass is 253 g/mol. The Balaban J connectivity index is 2.22. The highest BCUT2D eigenvalue weighted by Crippen LogP contribution is 2.69. The van der Waals surface area contributed by atoms with Gasteiger partial charge < -0.3 is 10.5 Å². The second-order valence-electron chi connectivity index (χ2n) is 6.81. The molecule has 0 aromatic heterocycles. The molecule has 3 heteroatoms. The van der Waals surface area contributed by atoms with Crippen molar-refractivity contribution in [3.63, 3.8) is 0 Å². The molecular weight excluding hydrogens is 226 g/mol. The number of carbonyl (C=O) groups excluding carboxylic acids is 1. The molecule has 0 radical (unpaired) electrons. The minimum absolute atomic E-state index is 0.0884.